The summed E-state index contributed by atoms with van der Waals surface area (Å²) in [5.41, 5.74) is 3.70. The van der Waals surface area contributed by atoms with Crippen LogP contribution in [0.2, 0.25) is 0 Å². The van der Waals surface area contributed by atoms with Gasteiger partial charge in [-0.15, -0.1) is 0 Å². The predicted octanol–water partition coefficient (Wildman–Crippen LogP) is 2.59. The van der Waals surface area contributed by atoms with Crippen molar-refractivity contribution in [2.45, 2.75) is 46.5 Å². The Morgan fingerprint density at radius 2 is 1.74 bits per heavy atom. The summed E-state index contributed by atoms with van der Waals surface area (Å²) in [5.74, 6) is 0.598. The first-order valence-corrected chi connectivity index (χ1v) is 8.50. The van der Waals surface area contributed by atoms with E-state index in [2.05, 4.69) is 10.3 Å². The van der Waals surface area contributed by atoms with Crippen LogP contribution in [0.15, 0.2) is 6.07 Å². The van der Waals surface area contributed by atoms with E-state index < -0.39 is 0 Å². The summed E-state index contributed by atoms with van der Waals surface area (Å²) in [6.45, 7) is 7.29. The van der Waals surface area contributed by atoms with Gasteiger partial charge in [0.05, 0.1) is 11.4 Å². The van der Waals surface area contributed by atoms with Crippen molar-refractivity contribution in [2.75, 3.05) is 18.4 Å². The maximum absolute atomic E-state index is 12.5. The predicted molar refractivity (Wildman–Crippen MR) is 89.1 cm³/mol. The Labute approximate surface area is 137 Å². The fourth-order valence-corrected chi connectivity index (χ4v) is 3.39. The van der Waals surface area contributed by atoms with Crippen molar-refractivity contribution in [3.05, 3.63) is 23.0 Å². The highest BCUT2D eigenvalue weighted by molar-refractivity contribution is 5.94. The minimum absolute atomic E-state index is 0.0154. The van der Waals surface area contributed by atoms with Crippen molar-refractivity contribution in [1.82, 2.24) is 9.88 Å². The number of nitrogens with zero attached hydrogens (tertiary/aromatic N) is 2. The molecule has 1 aliphatic heterocycles. The fraction of sp³-hybridized carbons (Fsp3) is 0.611. The van der Waals surface area contributed by atoms with E-state index in [-0.39, 0.29) is 17.7 Å². The molecule has 1 N–H and O–H groups in total. The zero-order chi connectivity index (χ0) is 16.6. The summed E-state index contributed by atoms with van der Waals surface area (Å²) < 4.78 is 0. The molecule has 124 valence electrons. The van der Waals surface area contributed by atoms with E-state index in [0.717, 1.165) is 48.3 Å². The van der Waals surface area contributed by atoms with E-state index in [1.165, 1.54) is 0 Å². The number of pyridine rings is 1. The van der Waals surface area contributed by atoms with Gasteiger partial charge in [0.2, 0.25) is 11.8 Å². The number of piperidine rings is 1. The minimum Gasteiger partial charge on any atom is -0.342 e. The molecule has 0 bridgehead atoms. The summed E-state index contributed by atoms with van der Waals surface area (Å²) in [6.07, 6.45) is 3.58. The molecular weight excluding hydrogens is 290 g/mol. The largest absolute Gasteiger partial charge is 0.342 e. The van der Waals surface area contributed by atoms with Crippen LogP contribution in [0.1, 0.15) is 42.6 Å². The molecular formula is C18H25N3O2. The summed E-state index contributed by atoms with van der Waals surface area (Å²) in [7, 11) is 0. The number of carbonyl (C=O) groups excluding carboxylic acids is 2. The lowest BCUT2D eigenvalue weighted by atomic mass is 9.95. The van der Waals surface area contributed by atoms with Gasteiger partial charge in [-0.1, -0.05) is 0 Å². The first kappa shape index (κ1) is 16.0. The van der Waals surface area contributed by atoms with Gasteiger partial charge in [0, 0.05) is 30.6 Å². The number of nitrogens with one attached hydrogen (secondary N) is 1. The monoisotopic (exact) mass is 315 g/mol. The SMILES string of the molecule is Cc1cc(C)c(NC(=O)C2CCN(C(=O)C3CC3)CC2)c(C)n1. The molecule has 3 rings (SSSR count). The number of hydrogen-bond donors (Lipinski definition) is 1. The van der Waals surface area contributed by atoms with Crippen molar-refractivity contribution in [2.24, 2.45) is 11.8 Å². The molecule has 2 heterocycles. The number of aryl methyl sites for hydroxylation is 3. The summed E-state index contributed by atoms with van der Waals surface area (Å²) >= 11 is 0. The first-order chi connectivity index (χ1) is 11.0. The summed E-state index contributed by atoms with van der Waals surface area (Å²) in [5, 5.41) is 3.05. The molecule has 1 saturated heterocycles. The van der Waals surface area contributed by atoms with E-state index >= 15 is 0 Å². The first-order valence-electron chi connectivity index (χ1n) is 8.50. The van der Waals surface area contributed by atoms with Crippen LogP contribution in [0.25, 0.3) is 0 Å². The second-order valence-electron chi connectivity index (χ2n) is 6.90. The Kier molecular flexibility index (Phi) is 4.37. The quantitative estimate of drug-likeness (QED) is 0.932. The van der Waals surface area contributed by atoms with Crippen LogP contribution in [0, 0.1) is 32.6 Å². The molecule has 5 heteroatoms. The normalized spacial score (nSPS) is 18.8. The lowest BCUT2D eigenvalue weighted by Crippen LogP contribution is -2.42. The van der Waals surface area contributed by atoms with E-state index in [4.69, 9.17) is 0 Å². The minimum atomic E-state index is -0.0154. The molecule has 23 heavy (non-hydrogen) atoms. The highest BCUT2D eigenvalue weighted by Crippen LogP contribution is 2.32. The van der Waals surface area contributed by atoms with Gasteiger partial charge in [-0.25, -0.2) is 0 Å². The second kappa shape index (κ2) is 6.30. The molecule has 0 aromatic carbocycles. The molecule has 0 unspecified atom stereocenters. The molecule has 0 atom stereocenters. The van der Waals surface area contributed by atoms with E-state index in [0.29, 0.717) is 19.0 Å². The van der Waals surface area contributed by atoms with Crippen LogP contribution < -0.4 is 5.32 Å². The molecule has 1 aromatic heterocycles. The molecule has 2 amide bonds. The third-order valence-corrected chi connectivity index (χ3v) is 4.88. The van der Waals surface area contributed by atoms with Crippen LogP contribution in [0.3, 0.4) is 0 Å². The maximum atomic E-state index is 12.5. The number of anilines is 1. The zero-order valence-electron chi connectivity index (χ0n) is 14.2. The third-order valence-electron chi connectivity index (χ3n) is 4.88. The second-order valence-corrected chi connectivity index (χ2v) is 6.90. The van der Waals surface area contributed by atoms with E-state index in [1.807, 2.05) is 31.7 Å². The Morgan fingerprint density at radius 3 is 2.30 bits per heavy atom. The van der Waals surface area contributed by atoms with Crippen molar-refractivity contribution in [1.29, 1.82) is 0 Å². The van der Waals surface area contributed by atoms with Crippen LogP contribution in [-0.2, 0) is 9.59 Å². The van der Waals surface area contributed by atoms with E-state index in [9.17, 15) is 9.59 Å². The van der Waals surface area contributed by atoms with Gasteiger partial charge < -0.3 is 10.2 Å². The Morgan fingerprint density at radius 1 is 1.09 bits per heavy atom. The molecule has 0 spiro atoms. The summed E-state index contributed by atoms with van der Waals surface area (Å²) in [4.78, 5) is 31.0. The van der Waals surface area contributed by atoms with Gasteiger partial charge in [0.25, 0.3) is 0 Å². The van der Waals surface area contributed by atoms with E-state index in [1.54, 1.807) is 0 Å². The number of amides is 2. The van der Waals surface area contributed by atoms with Crippen molar-refractivity contribution in [3.8, 4) is 0 Å². The smallest absolute Gasteiger partial charge is 0.227 e. The number of rotatable bonds is 3. The molecule has 1 saturated carbocycles. The Balaban J connectivity index is 1.58. The standard InChI is InChI=1S/C18H25N3O2/c1-11-10-12(2)19-13(3)16(11)20-17(22)14-6-8-21(9-7-14)18(23)15-4-5-15/h10,14-15H,4-9H2,1-3H3,(H,20,22). The molecule has 5 nitrogen and oxygen atoms in total. The fourth-order valence-electron chi connectivity index (χ4n) is 3.39. The van der Waals surface area contributed by atoms with Crippen LogP contribution in [-0.4, -0.2) is 34.8 Å². The molecule has 1 aromatic rings. The maximum Gasteiger partial charge on any atom is 0.227 e. The average Bonchev–Trinajstić information content (AvgIpc) is 3.35. The zero-order valence-corrected chi connectivity index (χ0v) is 14.2. The van der Waals surface area contributed by atoms with Crippen LogP contribution >= 0.6 is 0 Å². The van der Waals surface area contributed by atoms with Crippen LogP contribution in [0.5, 0.6) is 0 Å². The molecule has 2 fully saturated rings. The molecule has 2 aliphatic rings. The van der Waals surface area contributed by atoms with Crippen LogP contribution in [0.4, 0.5) is 5.69 Å². The number of carbonyl (C=O) groups is 2. The average molecular weight is 315 g/mol. The van der Waals surface area contributed by atoms with Crippen molar-refractivity contribution >= 4 is 17.5 Å². The van der Waals surface area contributed by atoms with Crippen molar-refractivity contribution < 1.29 is 9.59 Å². The number of likely N-dealkylation sites (tertiary alicyclic amines) is 1. The van der Waals surface area contributed by atoms with Gasteiger partial charge in [-0.05, 0) is 58.1 Å². The highest BCUT2D eigenvalue weighted by Gasteiger charge is 2.36. The van der Waals surface area contributed by atoms with Gasteiger partial charge >= 0.3 is 0 Å². The molecule has 0 radical (unpaired) electrons. The Bertz CT molecular complexity index is 606. The lowest BCUT2D eigenvalue weighted by Gasteiger charge is -2.31. The topological polar surface area (TPSA) is 62.3 Å². The lowest BCUT2D eigenvalue weighted by molar-refractivity contribution is -0.135. The summed E-state index contributed by atoms with van der Waals surface area (Å²) in [6, 6.07) is 1.99. The van der Waals surface area contributed by atoms with Gasteiger partial charge in [-0.2, -0.15) is 0 Å². The molecule has 1 aliphatic carbocycles. The highest BCUT2D eigenvalue weighted by atomic mass is 16.2. The van der Waals surface area contributed by atoms with Gasteiger partial charge in [-0.3, -0.25) is 14.6 Å². The third kappa shape index (κ3) is 3.54. The van der Waals surface area contributed by atoms with Gasteiger partial charge in [0.15, 0.2) is 0 Å². The van der Waals surface area contributed by atoms with Gasteiger partial charge in [0.1, 0.15) is 0 Å². The Hall–Kier alpha value is -1.91. The number of hydrogen-bond acceptors (Lipinski definition) is 3. The number of aromatic nitrogens is 1. The van der Waals surface area contributed by atoms with Crippen molar-refractivity contribution in [3.63, 3.8) is 0 Å².